The Bertz CT molecular complexity index is 404. The van der Waals surface area contributed by atoms with Crippen molar-refractivity contribution < 1.29 is 13.9 Å². The van der Waals surface area contributed by atoms with Crippen molar-refractivity contribution in [2.24, 2.45) is 0 Å². The Hall–Kier alpha value is -1.06. The number of aliphatic hydroxyl groups is 1. The molecule has 0 radical (unpaired) electrons. The highest BCUT2D eigenvalue weighted by atomic mass is 79.9. The first-order chi connectivity index (χ1) is 7.13. The molecule has 0 atom stereocenters. The van der Waals surface area contributed by atoms with Crippen LogP contribution in [0, 0.1) is 11.3 Å². The number of pyridine rings is 1. The minimum atomic E-state index is -2.72. The number of hydrogen-bond acceptors (Lipinski definition) is 3. The van der Waals surface area contributed by atoms with Gasteiger partial charge in [-0.2, -0.15) is 5.26 Å². The van der Waals surface area contributed by atoms with Crippen LogP contribution in [0.3, 0.4) is 0 Å². The Morgan fingerprint density at radius 1 is 1.53 bits per heavy atom. The van der Waals surface area contributed by atoms with Crippen LogP contribution in [0.2, 0.25) is 0 Å². The molecule has 0 aromatic carbocycles. The normalized spacial score (nSPS) is 10.4. The van der Waals surface area contributed by atoms with E-state index in [2.05, 4.69) is 20.9 Å². The average molecular weight is 277 g/mol. The summed E-state index contributed by atoms with van der Waals surface area (Å²) in [5, 5.41) is 17.8. The zero-order valence-corrected chi connectivity index (χ0v) is 9.13. The van der Waals surface area contributed by atoms with E-state index < -0.39 is 12.1 Å². The number of aliphatic hydroxyl groups excluding tert-OH is 1. The van der Waals surface area contributed by atoms with Crippen molar-refractivity contribution in [1.82, 2.24) is 4.98 Å². The van der Waals surface area contributed by atoms with Gasteiger partial charge in [0.25, 0.3) is 6.43 Å². The van der Waals surface area contributed by atoms with Crippen LogP contribution in [0.5, 0.6) is 0 Å². The van der Waals surface area contributed by atoms with Crippen molar-refractivity contribution in [3.8, 4) is 6.07 Å². The third-order valence-corrected chi connectivity index (χ3v) is 2.44. The highest BCUT2D eigenvalue weighted by molar-refractivity contribution is 9.08. The summed E-state index contributed by atoms with van der Waals surface area (Å²) in [6, 6.07) is 3.04. The number of hydrogen-bond donors (Lipinski definition) is 1. The lowest BCUT2D eigenvalue weighted by atomic mass is 10.1. The van der Waals surface area contributed by atoms with E-state index in [0.29, 0.717) is 0 Å². The van der Waals surface area contributed by atoms with E-state index in [1.54, 1.807) is 6.07 Å². The molecule has 80 valence electrons. The molecule has 3 nitrogen and oxygen atoms in total. The maximum absolute atomic E-state index is 12.5. The third kappa shape index (κ3) is 2.49. The van der Waals surface area contributed by atoms with Crippen LogP contribution in [0.15, 0.2) is 6.07 Å². The van der Waals surface area contributed by atoms with Crippen LogP contribution in [0.4, 0.5) is 8.78 Å². The molecule has 0 aliphatic carbocycles. The van der Waals surface area contributed by atoms with Gasteiger partial charge in [0.1, 0.15) is 17.5 Å². The summed E-state index contributed by atoms with van der Waals surface area (Å²) in [5.41, 5.74) is -0.0254. The van der Waals surface area contributed by atoms with E-state index in [9.17, 15) is 8.78 Å². The first-order valence-corrected chi connectivity index (χ1v) is 5.14. The predicted octanol–water partition coefficient (Wildman–Crippen LogP) is 2.28. The second-order valence-corrected chi connectivity index (χ2v) is 3.31. The minimum Gasteiger partial charge on any atom is -0.392 e. The lowest BCUT2D eigenvalue weighted by molar-refractivity contribution is 0.145. The molecule has 0 spiro atoms. The molecule has 1 heterocycles. The van der Waals surface area contributed by atoms with E-state index in [4.69, 9.17) is 10.4 Å². The highest BCUT2D eigenvalue weighted by Crippen LogP contribution is 2.24. The van der Waals surface area contributed by atoms with E-state index >= 15 is 0 Å². The molecule has 0 saturated carbocycles. The van der Waals surface area contributed by atoms with Gasteiger partial charge >= 0.3 is 0 Å². The number of alkyl halides is 3. The van der Waals surface area contributed by atoms with Crippen molar-refractivity contribution in [1.29, 1.82) is 5.26 Å². The van der Waals surface area contributed by atoms with Crippen LogP contribution >= 0.6 is 15.9 Å². The number of rotatable bonds is 3. The second kappa shape index (κ2) is 5.14. The van der Waals surface area contributed by atoms with Crippen molar-refractivity contribution in [2.75, 3.05) is 0 Å². The first-order valence-electron chi connectivity index (χ1n) is 4.01. The van der Waals surface area contributed by atoms with Crippen LogP contribution in [0.1, 0.15) is 28.9 Å². The zero-order chi connectivity index (χ0) is 11.4. The van der Waals surface area contributed by atoms with Crippen molar-refractivity contribution in [3.05, 3.63) is 28.6 Å². The van der Waals surface area contributed by atoms with Gasteiger partial charge < -0.3 is 5.11 Å². The molecule has 1 aromatic rings. The quantitative estimate of drug-likeness (QED) is 0.862. The van der Waals surface area contributed by atoms with Gasteiger partial charge in [-0.3, -0.25) is 0 Å². The lowest BCUT2D eigenvalue weighted by Gasteiger charge is -2.08. The summed E-state index contributed by atoms with van der Waals surface area (Å²) in [7, 11) is 0. The van der Waals surface area contributed by atoms with Gasteiger partial charge in [-0.05, 0) is 11.6 Å². The molecule has 1 aromatic heterocycles. The average Bonchev–Trinajstić information content (AvgIpc) is 2.26. The Morgan fingerprint density at radius 2 is 2.20 bits per heavy atom. The maximum atomic E-state index is 12.5. The summed E-state index contributed by atoms with van der Waals surface area (Å²) in [6.07, 6.45) is -2.72. The second-order valence-electron chi connectivity index (χ2n) is 2.74. The zero-order valence-electron chi connectivity index (χ0n) is 7.54. The molecule has 1 N–H and O–H groups in total. The van der Waals surface area contributed by atoms with Crippen molar-refractivity contribution in [2.45, 2.75) is 18.4 Å². The first kappa shape index (κ1) is 12.0. The fraction of sp³-hybridized carbons (Fsp3) is 0.333. The van der Waals surface area contributed by atoms with E-state index in [1.165, 1.54) is 6.07 Å². The molecule has 0 unspecified atom stereocenters. The summed E-state index contributed by atoms with van der Waals surface area (Å²) in [6.45, 7) is -0.389. The Balaban J connectivity index is 3.36. The van der Waals surface area contributed by atoms with Crippen LogP contribution in [-0.4, -0.2) is 10.1 Å². The van der Waals surface area contributed by atoms with Crippen molar-refractivity contribution >= 4 is 15.9 Å². The third-order valence-electron chi connectivity index (χ3n) is 1.84. The van der Waals surface area contributed by atoms with Crippen LogP contribution in [-0.2, 0) is 11.9 Å². The smallest absolute Gasteiger partial charge is 0.280 e. The van der Waals surface area contributed by atoms with E-state index in [0.717, 1.165) is 0 Å². The topological polar surface area (TPSA) is 56.9 Å². The molecular formula is C9H7BrF2N2O. The molecule has 0 amide bonds. The van der Waals surface area contributed by atoms with Crippen LogP contribution < -0.4 is 0 Å². The van der Waals surface area contributed by atoms with Gasteiger partial charge in [-0.1, -0.05) is 15.9 Å². The Labute approximate surface area is 93.5 Å². The Kier molecular flexibility index (Phi) is 4.12. The van der Waals surface area contributed by atoms with Gasteiger partial charge in [-0.25, -0.2) is 13.8 Å². The fourth-order valence-corrected chi connectivity index (χ4v) is 1.58. The van der Waals surface area contributed by atoms with Gasteiger partial charge in [-0.15, -0.1) is 0 Å². The maximum Gasteiger partial charge on any atom is 0.280 e. The molecule has 0 aliphatic heterocycles. The fourth-order valence-electron chi connectivity index (χ4n) is 1.13. The summed E-state index contributed by atoms with van der Waals surface area (Å²) < 4.78 is 25.0. The summed E-state index contributed by atoms with van der Waals surface area (Å²) in [4.78, 5) is 3.53. The molecule has 0 saturated heterocycles. The molecule has 1 rings (SSSR count). The molecule has 15 heavy (non-hydrogen) atoms. The largest absolute Gasteiger partial charge is 0.392 e. The van der Waals surface area contributed by atoms with E-state index in [1.807, 2.05) is 0 Å². The molecular weight excluding hydrogens is 270 g/mol. The standard InChI is InChI=1S/C9H7BrF2N2O/c10-2-5-1-6(4-15)7(3-13)14-8(5)9(11)12/h1,9,15H,2,4H2. The van der Waals surface area contributed by atoms with Gasteiger partial charge in [0.15, 0.2) is 0 Å². The number of nitrogens with zero attached hydrogens (tertiary/aromatic N) is 2. The summed E-state index contributed by atoms with van der Waals surface area (Å²) >= 11 is 3.05. The Morgan fingerprint density at radius 3 is 2.60 bits per heavy atom. The monoisotopic (exact) mass is 276 g/mol. The molecule has 0 fully saturated rings. The van der Waals surface area contributed by atoms with Gasteiger partial charge in [0.2, 0.25) is 0 Å². The summed E-state index contributed by atoms with van der Waals surface area (Å²) in [5.74, 6) is 0. The highest BCUT2D eigenvalue weighted by Gasteiger charge is 2.17. The molecule has 6 heteroatoms. The van der Waals surface area contributed by atoms with Gasteiger partial charge in [0, 0.05) is 10.9 Å². The lowest BCUT2D eigenvalue weighted by Crippen LogP contribution is -2.03. The van der Waals surface area contributed by atoms with Gasteiger partial charge in [0.05, 0.1) is 6.61 Å². The number of aromatic nitrogens is 1. The van der Waals surface area contributed by atoms with E-state index in [-0.39, 0.29) is 28.8 Å². The number of nitriles is 1. The van der Waals surface area contributed by atoms with Crippen LogP contribution in [0.25, 0.3) is 0 Å². The minimum absolute atomic E-state index is 0.155. The molecule has 0 aliphatic rings. The van der Waals surface area contributed by atoms with Crippen molar-refractivity contribution in [3.63, 3.8) is 0 Å². The SMILES string of the molecule is N#Cc1nc(C(F)F)c(CBr)cc1CO. The number of halogens is 3. The molecule has 0 bridgehead atoms. The predicted molar refractivity (Wildman–Crippen MR) is 52.5 cm³/mol.